The van der Waals surface area contributed by atoms with Gasteiger partial charge in [0.15, 0.2) is 5.54 Å². The summed E-state index contributed by atoms with van der Waals surface area (Å²) < 4.78 is 10.7. The number of carboxylic acids is 1. The van der Waals surface area contributed by atoms with Crippen molar-refractivity contribution in [2.45, 2.75) is 18.4 Å². The maximum Gasteiger partial charge on any atom is 0.332 e. The Morgan fingerprint density at radius 3 is 2.62 bits per heavy atom. The fourth-order valence-electron chi connectivity index (χ4n) is 3.21. The monoisotopic (exact) mass is 356 g/mol. The summed E-state index contributed by atoms with van der Waals surface area (Å²) in [5.41, 5.74) is -0.899. The number of rotatable bonds is 6. The third-order valence-electron chi connectivity index (χ3n) is 4.49. The summed E-state index contributed by atoms with van der Waals surface area (Å²) in [4.78, 5) is 30.1. The molecule has 2 aromatic rings. The lowest BCUT2D eigenvalue weighted by atomic mass is 9.96. The zero-order valence-corrected chi connectivity index (χ0v) is 14.4. The van der Waals surface area contributed by atoms with Crippen molar-refractivity contribution in [1.82, 2.24) is 9.88 Å². The van der Waals surface area contributed by atoms with Crippen LogP contribution >= 0.6 is 0 Å². The van der Waals surface area contributed by atoms with Crippen molar-refractivity contribution in [3.63, 3.8) is 0 Å². The molecule has 1 saturated heterocycles. The Kier molecular flexibility index (Phi) is 5.18. The van der Waals surface area contributed by atoms with E-state index in [1.807, 2.05) is 0 Å². The predicted octanol–water partition coefficient (Wildman–Crippen LogP) is 2.58. The molecule has 1 aliphatic rings. The Labute approximate surface area is 151 Å². The minimum Gasteiger partial charge on any atom is -0.479 e. The number of pyridine rings is 1. The maximum atomic E-state index is 12.9. The first-order chi connectivity index (χ1) is 12.6. The Balaban J connectivity index is 1.78. The average Bonchev–Trinajstić information content (AvgIpc) is 3.08. The number of benzene rings is 1. The number of methoxy groups -OCH3 is 1. The minimum atomic E-state index is -1.31. The third-order valence-corrected chi connectivity index (χ3v) is 4.49. The largest absolute Gasteiger partial charge is 0.479 e. The van der Waals surface area contributed by atoms with Crippen molar-refractivity contribution >= 4 is 11.9 Å². The van der Waals surface area contributed by atoms with Gasteiger partial charge in [0, 0.05) is 25.4 Å². The minimum absolute atomic E-state index is 0.0315. The summed E-state index contributed by atoms with van der Waals surface area (Å²) in [6.45, 7) is 0.360. The van der Waals surface area contributed by atoms with Crippen LogP contribution in [0.3, 0.4) is 0 Å². The van der Waals surface area contributed by atoms with Crippen LogP contribution in [-0.4, -0.2) is 52.7 Å². The van der Waals surface area contributed by atoms with Crippen molar-refractivity contribution in [2.24, 2.45) is 0 Å². The molecule has 0 bridgehead atoms. The number of amides is 1. The smallest absolute Gasteiger partial charge is 0.332 e. The van der Waals surface area contributed by atoms with Gasteiger partial charge in [-0.25, -0.2) is 4.79 Å². The highest BCUT2D eigenvalue weighted by Crippen LogP contribution is 2.32. The summed E-state index contributed by atoms with van der Waals surface area (Å²) >= 11 is 0. The van der Waals surface area contributed by atoms with Crippen LogP contribution in [0.1, 0.15) is 23.2 Å². The van der Waals surface area contributed by atoms with Crippen LogP contribution in [0.15, 0.2) is 48.8 Å². The number of carbonyl (C=O) groups is 2. The highest BCUT2D eigenvalue weighted by atomic mass is 16.5. The van der Waals surface area contributed by atoms with Crippen LogP contribution in [0.2, 0.25) is 0 Å². The Bertz CT molecular complexity index is 778. The molecule has 0 saturated carbocycles. The summed E-state index contributed by atoms with van der Waals surface area (Å²) in [5, 5.41) is 9.67. The zero-order chi connectivity index (χ0) is 18.6. The normalized spacial score (nSPS) is 19.3. The molecule has 2 heterocycles. The number of nitrogens with zero attached hydrogens (tertiary/aromatic N) is 2. The van der Waals surface area contributed by atoms with Gasteiger partial charge in [0.05, 0.1) is 12.8 Å². The molecule has 3 rings (SSSR count). The van der Waals surface area contributed by atoms with E-state index < -0.39 is 11.5 Å². The lowest BCUT2D eigenvalue weighted by Gasteiger charge is -2.34. The van der Waals surface area contributed by atoms with Crippen LogP contribution in [-0.2, 0) is 9.53 Å². The number of hydrogen-bond acceptors (Lipinski definition) is 5. The van der Waals surface area contributed by atoms with Crippen LogP contribution in [0.5, 0.6) is 11.5 Å². The molecular weight excluding hydrogens is 336 g/mol. The van der Waals surface area contributed by atoms with Crippen molar-refractivity contribution in [3.05, 3.63) is 54.4 Å². The van der Waals surface area contributed by atoms with Crippen molar-refractivity contribution in [3.8, 4) is 11.5 Å². The van der Waals surface area contributed by atoms with Gasteiger partial charge in [-0.3, -0.25) is 9.78 Å². The van der Waals surface area contributed by atoms with E-state index in [0.29, 0.717) is 36.4 Å². The van der Waals surface area contributed by atoms with E-state index in [0.717, 1.165) is 0 Å². The molecular formula is C19H20N2O5. The topological polar surface area (TPSA) is 89.0 Å². The second-order valence-electron chi connectivity index (χ2n) is 6.15. The molecule has 0 spiro atoms. The van der Waals surface area contributed by atoms with Gasteiger partial charge in [0.25, 0.3) is 5.91 Å². The van der Waals surface area contributed by atoms with E-state index in [1.54, 1.807) is 48.8 Å². The summed E-state index contributed by atoms with van der Waals surface area (Å²) in [6, 6.07) is 10.2. The maximum absolute atomic E-state index is 12.9. The molecule has 1 unspecified atom stereocenters. The SMILES string of the molecule is COCC1(C(=O)O)CCCN1C(=O)c1ccc(Oc2cccnc2)cc1. The highest BCUT2D eigenvalue weighted by Gasteiger charge is 2.50. The Morgan fingerprint density at radius 1 is 1.23 bits per heavy atom. The Morgan fingerprint density at radius 2 is 2.00 bits per heavy atom. The molecule has 7 nitrogen and oxygen atoms in total. The van der Waals surface area contributed by atoms with E-state index in [4.69, 9.17) is 9.47 Å². The van der Waals surface area contributed by atoms with Gasteiger partial charge in [-0.05, 0) is 49.2 Å². The van der Waals surface area contributed by atoms with Gasteiger partial charge in [-0.15, -0.1) is 0 Å². The number of carbonyl (C=O) groups excluding carboxylic acids is 1. The lowest BCUT2D eigenvalue weighted by Crippen LogP contribution is -2.56. The van der Waals surface area contributed by atoms with Gasteiger partial charge < -0.3 is 19.5 Å². The van der Waals surface area contributed by atoms with Crippen molar-refractivity contribution < 1.29 is 24.2 Å². The van der Waals surface area contributed by atoms with Crippen LogP contribution in [0.4, 0.5) is 0 Å². The highest BCUT2D eigenvalue weighted by molar-refractivity contribution is 5.98. The van der Waals surface area contributed by atoms with Gasteiger partial charge in [-0.1, -0.05) is 0 Å². The summed E-state index contributed by atoms with van der Waals surface area (Å²) in [6.07, 6.45) is 4.25. The van der Waals surface area contributed by atoms with Gasteiger partial charge >= 0.3 is 5.97 Å². The number of ether oxygens (including phenoxy) is 2. The first-order valence-electron chi connectivity index (χ1n) is 8.29. The number of hydrogen-bond donors (Lipinski definition) is 1. The molecule has 7 heteroatoms. The van der Waals surface area contributed by atoms with E-state index >= 15 is 0 Å². The second-order valence-corrected chi connectivity index (χ2v) is 6.15. The molecule has 1 amide bonds. The van der Waals surface area contributed by atoms with E-state index in [9.17, 15) is 14.7 Å². The Hall–Kier alpha value is -2.93. The fourth-order valence-corrected chi connectivity index (χ4v) is 3.21. The summed E-state index contributed by atoms with van der Waals surface area (Å²) in [7, 11) is 1.44. The predicted molar refractivity (Wildman–Crippen MR) is 93.3 cm³/mol. The molecule has 1 aliphatic heterocycles. The quantitative estimate of drug-likeness (QED) is 0.856. The molecule has 26 heavy (non-hydrogen) atoms. The molecule has 1 atom stereocenters. The number of aromatic nitrogens is 1. The van der Waals surface area contributed by atoms with Crippen molar-refractivity contribution in [1.29, 1.82) is 0 Å². The molecule has 0 aliphatic carbocycles. The van der Waals surface area contributed by atoms with E-state index in [1.165, 1.54) is 12.0 Å². The second kappa shape index (κ2) is 7.53. The standard InChI is InChI=1S/C19H20N2O5/c1-25-13-19(18(23)24)9-3-11-21(19)17(22)14-5-7-15(8-6-14)26-16-4-2-10-20-12-16/h2,4-8,10,12H,3,9,11,13H2,1H3,(H,23,24). The number of aliphatic carboxylic acids is 1. The zero-order valence-electron chi connectivity index (χ0n) is 14.4. The van der Waals surface area contributed by atoms with Crippen LogP contribution in [0.25, 0.3) is 0 Å². The molecule has 1 fully saturated rings. The van der Waals surface area contributed by atoms with Gasteiger partial charge in [0.1, 0.15) is 11.5 Å². The van der Waals surface area contributed by atoms with Crippen molar-refractivity contribution in [2.75, 3.05) is 20.3 Å². The first kappa shape index (κ1) is 17.9. The van der Waals surface area contributed by atoms with Crippen LogP contribution in [0, 0.1) is 0 Å². The fraction of sp³-hybridized carbons (Fsp3) is 0.316. The summed E-state index contributed by atoms with van der Waals surface area (Å²) in [5.74, 6) is -0.204. The molecule has 1 aromatic carbocycles. The number of likely N-dealkylation sites (tertiary alicyclic amines) is 1. The molecule has 136 valence electrons. The van der Waals surface area contributed by atoms with Gasteiger partial charge in [-0.2, -0.15) is 0 Å². The third kappa shape index (κ3) is 3.39. The van der Waals surface area contributed by atoms with Gasteiger partial charge in [0.2, 0.25) is 0 Å². The lowest BCUT2D eigenvalue weighted by molar-refractivity contribution is -0.151. The van der Waals surface area contributed by atoms with Crippen LogP contribution < -0.4 is 4.74 Å². The molecule has 1 N–H and O–H groups in total. The average molecular weight is 356 g/mol. The molecule has 0 radical (unpaired) electrons. The van der Waals surface area contributed by atoms with E-state index in [2.05, 4.69) is 4.98 Å². The first-order valence-corrected chi connectivity index (χ1v) is 8.29. The molecule has 1 aromatic heterocycles. The number of carboxylic acid groups (broad SMARTS) is 1. The van der Waals surface area contributed by atoms with E-state index in [-0.39, 0.29) is 12.5 Å².